The van der Waals surface area contributed by atoms with Crippen molar-refractivity contribution < 1.29 is 9.59 Å². The Morgan fingerprint density at radius 3 is 2.52 bits per heavy atom. The molecular weight excluding hydrogens is 286 g/mol. The van der Waals surface area contributed by atoms with Gasteiger partial charge in [0.1, 0.15) is 10.5 Å². The Labute approximate surface area is 129 Å². The number of likely N-dealkylation sites (N-methyl/N-ethyl adjacent to an activating group) is 1. The van der Waals surface area contributed by atoms with Crippen molar-refractivity contribution in [3.8, 4) is 0 Å². The van der Waals surface area contributed by atoms with Crippen LogP contribution < -0.4 is 5.73 Å². The Bertz CT molecular complexity index is 613. The average Bonchev–Trinajstić information content (AvgIpc) is 2.44. The van der Waals surface area contributed by atoms with E-state index in [1.54, 1.807) is 55.0 Å². The zero-order valence-corrected chi connectivity index (χ0v) is 13.2. The fraction of sp³-hybridized carbons (Fsp3) is 0.400. The Morgan fingerprint density at radius 2 is 1.90 bits per heavy atom. The van der Waals surface area contributed by atoms with Gasteiger partial charge in [0.2, 0.25) is 5.91 Å². The second-order valence-corrected chi connectivity index (χ2v) is 6.13. The molecule has 0 aliphatic carbocycles. The molecule has 6 heteroatoms. The second kappa shape index (κ2) is 5.44. The van der Waals surface area contributed by atoms with Crippen molar-refractivity contribution in [1.82, 2.24) is 9.80 Å². The SMILES string of the molecule is CN1CCN(C(=O)c2cccc(C(N)=S)c2)C(C)(C)C1=O. The van der Waals surface area contributed by atoms with Gasteiger partial charge in [0.15, 0.2) is 0 Å². The molecule has 0 aromatic heterocycles. The standard InChI is InChI=1S/C15H19N3O2S/c1-15(2)14(20)17(3)7-8-18(15)13(19)11-6-4-5-10(9-11)12(16)21/h4-6,9H,7-8H2,1-3H3,(H2,16,21). The average molecular weight is 305 g/mol. The van der Waals surface area contributed by atoms with E-state index >= 15 is 0 Å². The van der Waals surface area contributed by atoms with E-state index in [1.807, 2.05) is 0 Å². The Balaban J connectivity index is 2.33. The number of rotatable bonds is 2. The van der Waals surface area contributed by atoms with Gasteiger partial charge in [-0.2, -0.15) is 0 Å². The topological polar surface area (TPSA) is 66.6 Å². The second-order valence-electron chi connectivity index (χ2n) is 5.69. The first-order valence-electron chi connectivity index (χ1n) is 6.72. The summed E-state index contributed by atoms with van der Waals surface area (Å²) in [6, 6.07) is 6.89. The quantitative estimate of drug-likeness (QED) is 0.828. The fourth-order valence-corrected chi connectivity index (χ4v) is 2.66. The lowest BCUT2D eigenvalue weighted by atomic mass is 9.96. The summed E-state index contributed by atoms with van der Waals surface area (Å²) in [5.41, 5.74) is 5.88. The molecular formula is C15H19N3O2S. The Kier molecular flexibility index (Phi) is 4.00. The molecule has 0 atom stereocenters. The van der Waals surface area contributed by atoms with Gasteiger partial charge in [-0.15, -0.1) is 0 Å². The predicted octanol–water partition coefficient (Wildman–Crippen LogP) is 1.01. The summed E-state index contributed by atoms with van der Waals surface area (Å²) in [6.07, 6.45) is 0. The fourth-order valence-electron chi connectivity index (χ4n) is 2.53. The third-order valence-corrected chi connectivity index (χ3v) is 4.08. The first kappa shape index (κ1) is 15.4. The van der Waals surface area contributed by atoms with E-state index in [0.29, 0.717) is 24.2 Å². The van der Waals surface area contributed by atoms with Crippen molar-refractivity contribution >= 4 is 29.0 Å². The molecule has 2 N–H and O–H groups in total. The molecule has 0 unspecified atom stereocenters. The van der Waals surface area contributed by atoms with E-state index in [0.717, 1.165) is 0 Å². The highest BCUT2D eigenvalue weighted by Crippen LogP contribution is 2.24. The Hall–Kier alpha value is -1.95. The van der Waals surface area contributed by atoms with Crippen LogP contribution in [0.3, 0.4) is 0 Å². The maximum absolute atomic E-state index is 12.7. The van der Waals surface area contributed by atoms with Crippen LogP contribution in [0.15, 0.2) is 24.3 Å². The van der Waals surface area contributed by atoms with E-state index in [-0.39, 0.29) is 16.8 Å². The van der Waals surface area contributed by atoms with Crippen molar-refractivity contribution in [2.45, 2.75) is 19.4 Å². The number of nitrogens with two attached hydrogens (primary N) is 1. The molecule has 5 nitrogen and oxygen atoms in total. The molecule has 21 heavy (non-hydrogen) atoms. The minimum absolute atomic E-state index is 0.0624. The lowest BCUT2D eigenvalue weighted by Crippen LogP contribution is -2.63. The first-order chi connectivity index (χ1) is 9.75. The number of benzene rings is 1. The van der Waals surface area contributed by atoms with Crippen LogP contribution in [0.2, 0.25) is 0 Å². The molecule has 112 valence electrons. The van der Waals surface area contributed by atoms with E-state index < -0.39 is 5.54 Å². The van der Waals surface area contributed by atoms with Gasteiger partial charge < -0.3 is 15.5 Å². The van der Waals surface area contributed by atoms with Gasteiger partial charge in [0.25, 0.3) is 5.91 Å². The van der Waals surface area contributed by atoms with E-state index in [1.165, 1.54) is 0 Å². The number of carbonyl (C=O) groups is 2. The molecule has 1 aromatic rings. The van der Waals surface area contributed by atoms with Crippen LogP contribution in [-0.2, 0) is 4.79 Å². The van der Waals surface area contributed by atoms with Gasteiger partial charge in [-0.1, -0.05) is 24.4 Å². The number of thiocarbonyl (C=S) groups is 1. The van der Waals surface area contributed by atoms with Crippen molar-refractivity contribution in [1.29, 1.82) is 0 Å². The molecule has 1 aliphatic heterocycles. The summed E-state index contributed by atoms with van der Waals surface area (Å²) in [5.74, 6) is -0.243. The van der Waals surface area contributed by atoms with Crippen LogP contribution in [0, 0.1) is 0 Å². The summed E-state index contributed by atoms with van der Waals surface area (Å²) in [4.78, 5) is 28.5. The third kappa shape index (κ3) is 2.76. The predicted molar refractivity (Wildman–Crippen MR) is 85.1 cm³/mol. The first-order valence-corrected chi connectivity index (χ1v) is 7.13. The van der Waals surface area contributed by atoms with Gasteiger partial charge >= 0.3 is 0 Å². The smallest absolute Gasteiger partial charge is 0.254 e. The number of nitrogens with zero attached hydrogens (tertiary/aromatic N) is 2. The number of piperazine rings is 1. The lowest BCUT2D eigenvalue weighted by Gasteiger charge is -2.44. The molecule has 0 spiro atoms. The summed E-state index contributed by atoms with van der Waals surface area (Å²) in [5, 5.41) is 0. The molecule has 0 saturated carbocycles. The minimum Gasteiger partial charge on any atom is -0.389 e. The molecule has 0 bridgehead atoms. The number of carbonyl (C=O) groups excluding carboxylic acids is 2. The maximum Gasteiger partial charge on any atom is 0.254 e. The van der Waals surface area contributed by atoms with Gasteiger partial charge in [0, 0.05) is 31.3 Å². The monoisotopic (exact) mass is 305 g/mol. The number of hydrogen-bond acceptors (Lipinski definition) is 3. The molecule has 2 rings (SSSR count). The minimum atomic E-state index is -0.858. The van der Waals surface area contributed by atoms with Crippen LogP contribution in [-0.4, -0.2) is 52.3 Å². The van der Waals surface area contributed by atoms with Crippen molar-refractivity contribution in [3.63, 3.8) is 0 Å². The van der Waals surface area contributed by atoms with Gasteiger partial charge in [0.05, 0.1) is 0 Å². The summed E-state index contributed by atoms with van der Waals surface area (Å²) in [6.45, 7) is 4.56. The Morgan fingerprint density at radius 1 is 1.29 bits per heavy atom. The molecule has 1 fully saturated rings. The van der Waals surface area contributed by atoms with Crippen LogP contribution in [0.5, 0.6) is 0 Å². The van der Waals surface area contributed by atoms with Crippen molar-refractivity contribution in [2.75, 3.05) is 20.1 Å². The van der Waals surface area contributed by atoms with Crippen LogP contribution in [0.1, 0.15) is 29.8 Å². The van der Waals surface area contributed by atoms with Gasteiger partial charge in [-0.25, -0.2) is 0 Å². The summed E-state index contributed by atoms with van der Waals surface area (Å²) >= 11 is 4.94. The lowest BCUT2D eigenvalue weighted by molar-refractivity contribution is -0.144. The van der Waals surface area contributed by atoms with Gasteiger partial charge in [-0.05, 0) is 26.0 Å². The normalized spacial score (nSPS) is 17.8. The molecule has 0 radical (unpaired) electrons. The van der Waals surface area contributed by atoms with Gasteiger partial charge in [-0.3, -0.25) is 9.59 Å². The summed E-state index contributed by atoms with van der Waals surface area (Å²) in [7, 11) is 1.75. The molecule has 1 saturated heterocycles. The number of hydrogen-bond donors (Lipinski definition) is 1. The number of amides is 2. The molecule has 1 heterocycles. The van der Waals surface area contributed by atoms with Crippen molar-refractivity contribution in [2.24, 2.45) is 5.73 Å². The zero-order valence-electron chi connectivity index (χ0n) is 12.4. The highest BCUT2D eigenvalue weighted by Gasteiger charge is 2.43. The highest BCUT2D eigenvalue weighted by molar-refractivity contribution is 7.80. The molecule has 1 aliphatic rings. The molecule has 2 amide bonds. The maximum atomic E-state index is 12.7. The van der Waals surface area contributed by atoms with Crippen LogP contribution in [0.4, 0.5) is 0 Å². The largest absolute Gasteiger partial charge is 0.389 e. The van der Waals surface area contributed by atoms with E-state index in [9.17, 15) is 9.59 Å². The van der Waals surface area contributed by atoms with Crippen LogP contribution >= 0.6 is 12.2 Å². The summed E-state index contributed by atoms with van der Waals surface area (Å²) < 4.78 is 0. The zero-order chi connectivity index (χ0) is 15.8. The van der Waals surface area contributed by atoms with E-state index in [2.05, 4.69) is 0 Å². The highest BCUT2D eigenvalue weighted by atomic mass is 32.1. The van der Waals surface area contributed by atoms with E-state index in [4.69, 9.17) is 18.0 Å². The van der Waals surface area contributed by atoms with Crippen molar-refractivity contribution in [3.05, 3.63) is 35.4 Å². The third-order valence-electron chi connectivity index (χ3n) is 3.84. The molecule has 1 aromatic carbocycles. The van der Waals surface area contributed by atoms with Crippen LogP contribution in [0.25, 0.3) is 0 Å².